The van der Waals surface area contributed by atoms with E-state index in [9.17, 15) is 15.3 Å². The SMILES string of the molecule is C=C1C(=CC=C2CCCC3(C)[C@@H]([C@H](C)OCCCC(O)(CC)CC)CC[C@@H]23)CC(O)C[C@H]1CO. The van der Waals surface area contributed by atoms with Crippen LogP contribution in [0.2, 0.25) is 0 Å². The van der Waals surface area contributed by atoms with Crippen molar-refractivity contribution in [3.05, 3.63) is 35.5 Å². The largest absolute Gasteiger partial charge is 0.396 e. The van der Waals surface area contributed by atoms with Crippen LogP contribution in [0.15, 0.2) is 35.5 Å². The van der Waals surface area contributed by atoms with Crippen molar-refractivity contribution >= 4 is 0 Å². The third-order valence-electron chi connectivity index (χ3n) is 9.72. The van der Waals surface area contributed by atoms with Crippen molar-refractivity contribution in [1.29, 1.82) is 0 Å². The molecule has 3 rings (SSSR count). The Morgan fingerprint density at radius 2 is 1.97 bits per heavy atom. The zero-order valence-electron chi connectivity index (χ0n) is 22.2. The van der Waals surface area contributed by atoms with Gasteiger partial charge >= 0.3 is 0 Å². The van der Waals surface area contributed by atoms with E-state index >= 15 is 0 Å². The van der Waals surface area contributed by atoms with Gasteiger partial charge in [0.25, 0.3) is 0 Å². The summed E-state index contributed by atoms with van der Waals surface area (Å²) in [5.74, 6) is 1.13. The van der Waals surface area contributed by atoms with Crippen molar-refractivity contribution in [3.63, 3.8) is 0 Å². The Labute approximate surface area is 208 Å². The van der Waals surface area contributed by atoms with Crippen molar-refractivity contribution in [2.75, 3.05) is 13.2 Å². The van der Waals surface area contributed by atoms with Crippen molar-refractivity contribution in [3.8, 4) is 0 Å². The number of aliphatic hydroxyl groups excluding tert-OH is 2. The second kappa shape index (κ2) is 11.9. The highest BCUT2D eigenvalue weighted by atomic mass is 16.5. The molecule has 4 nitrogen and oxygen atoms in total. The van der Waals surface area contributed by atoms with Gasteiger partial charge in [-0.05, 0) is 106 Å². The lowest BCUT2D eigenvalue weighted by molar-refractivity contribution is -0.0365. The molecule has 0 aliphatic heterocycles. The number of allylic oxidation sites excluding steroid dienone is 3. The van der Waals surface area contributed by atoms with Gasteiger partial charge in [-0.25, -0.2) is 0 Å². The van der Waals surface area contributed by atoms with Gasteiger partial charge in [-0.15, -0.1) is 0 Å². The zero-order valence-corrected chi connectivity index (χ0v) is 22.2. The lowest BCUT2D eigenvalue weighted by Gasteiger charge is -2.44. The Morgan fingerprint density at radius 1 is 1.24 bits per heavy atom. The maximum absolute atomic E-state index is 10.5. The summed E-state index contributed by atoms with van der Waals surface area (Å²) in [6.07, 6.45) is 15.0. The van der Waals surface area contributed by atoms with E-state index in [1.807, 2.05) is 0 Å². The van der Waals surface area contributed by atoms with Crippen molar-refractivity contribution in [2.24, 2.45) is 23.2 Å². The summed E-state index contributed by atoms with van der Waals surface area (Å²) in [6, 6.07) is 0. The number of hydrogen-bond acceptors (Lipinski definition) is 4. The van der Waals surface area contributed by atoms with Crippen LogP contribution >= 0.6 is 0 Å². The quantitative estimate of drug-likeness (QED) is 0.334. The topological polar surface area (TPSA) is 69.9 Å². The highest BCUT2D eigenvalue weighted by molar-refractivity contribution is 5.38. The van der Waals surface area contributed by atoms with Crippen LogP contribution in [0, 0.1) is 23.2 Å². The van der Waals surface area contributed by atoms with Crippen LogP contribution < -0.4 is 0 Å². The Morgan fingerprint density at radius 3 is 2.65 bits per heavy atom. The van der Waals surface area contributed by atoms with Crippen LogP contribution in [-0.2, 0) is 4.74 Å². The first-order valence-electron chi connectivity index (χ1n) is 13.9. The zero-order chi connectivity index (χ0) is 24.9. The van der Waals surface area contributed by atoms with Crippen LogP contribution in [0.1, 0.15) is 98.3 Å². The van der Waals surface area contributed by atoms with Crippen LogP contribution in [0.5, 0.6) is 0 Å². The normalized spacial score (nSPS) is 35.7. The second-order valence-electron chi connectivity index (χ2n) is 11.6. The molecular formula is C30H50O4. The number of fused-ring (bicyclic) bond motifs is 1. The molecule has 194 valence electrons. The fraction of sp³-hybridized carbons (Fsp3) is 0.800. The average Bonchev–Trinajstić information content (AvgIpc) is 3.19. The van der Waals surface area contributed by atoms with E-state index in [0.717, 1.165) is 49.9 Å². The Bertz CT molecular complexity index is 749. The molecule has 3 aliphatic rings. The van der Waals surface area contributed by atoms with Crippen LogP contribution in [-0.4, -0.2) is 46.3 Å². The summed E-state index contributed by atoms with van der Waals surface area (Å²) in [5.41, 5.74) is 3.37. The van der Waals surface area contributed by atoms with Gasteiger partial charge in [0, 0.05) is 12.5 Å². The minimum absolute atomic E-state index is 0.0236. The number of hydrogen-bond donors (Lipinski definition) is 3. The summed E-state index contributed by atoms with van der Waals surface area (Å²) in [7, 11) is 0. The highest BCUT2D eigenvalue weighted by Gasteiger charge is 2.51. The molecule has 2 unspecified atom stereocenters. The van der Waals surface area contributed by atoms with Gasteiger partial charge in [0.1, 0.15) is 0 Å². The van der Waals surface area contributed by atoms with E-state index in [0.29, 0.717) is 24.7 Å². The van der Waals surface area contributed by atoms with Crippen molar-refractivity contribution in [1.82, 2.24) is 0 Å². The van der Waals surface area contributed by atoms with E-state index in [1.54, 1.807) is 5.57 Å². The molecule has 0 heterocycles. The molecule has 3 N–H and O–H groups in total. The van der Waals surface area contributed by atoms with E-state index < -0.39 is 5.60 Å². The van der Waals surface area contributed by atoms with Crippen molar-refractivity contribution in [2.45, 2.75) is 116 Å². The molecule has 0 aromatic carbocycles. The monoisotopic (exact) mass is 474 g/mol. The van der Waals surface area contributed by atoms with E-state index in [-0.39, 0.29) is 30.1 Å². The van der Waals surface area contributed by atoms with E-state index in [4.69, 9.17) is 4.74 Å². The van der Waals surface area contributed by atoms with Gasteiger partial charge in [0.2, 0.25) is 0 Å². The molecule has 3 aliphatic carbocycles. The third-order valence-corrected chi connectivity index (χ3v) is 9.72. The van der Waals surface area contributed by atoms with Gasteiger partial charge in [0.15, 0.2) is 0 Å². The van der Waals surface area contributed by atoms with Gasteiger partial charge in [-0.2, -0.15) is 0 Å². The molecule has 3 saturated carbocycles. The first kappa shape index (κ1) is 27.6. The predicted octanol–water partition coefficient (Wildman–Crippen LogP) is 6.11. The van der Waals surface area contributed by atoms with Gasteiger partial charge < -0.3 is 20.1 Å². The summed E-state index contributed by atoms with van der Waals surface area (Å²) >= 11 is 0. The van der Waals surface area contributed by atoms with Crippen LogP contribution in [0.4, 0.5) is 0 Å². The van der Waals surface area contributed by atoms with Crippen LogP contribution in [0.3, 0.4) is 0 Å². The minimum atomic E-state index is -0.536. The minimum Gasteiger partial charge on any atom is -0.396 e. The molecule has 4 heteroatoms. The van der Waals surface area contributed by atoms with Gasteiger partial charge in [0.05, 0.1) is 24.4 Å². The third kappa shape index (κ3) is 6.06. The fourth-order valence-electron chi connectivity index (χ4n) is 7.21. The molecule has 0 aromatic rings. The maximum Gasteiger partial charge on any atom is 0.0643 e. The lowest BCUT2D eigenvalue weighted by atomic mass is 9.62. The fourth-order valence-corrected chi connectivity index (χ4v) is 7.21. The smallest absolute Gasteiger partial charge is 0.0643 e. The Hall–Kier alpha value is -0.940. The molecule has 0 saturated heterocycles. The summed E-state index contributed by atoms with van der Waals surface area (Å²) in [5, 5.41) is 30.4. The molecule has 0 bridgehead atoms. The maximum atomic E-state index is 10.5. The lowest BCUT2D eigenvalue weighted by Crippen LogP contribution is -2.39. The number of aliphatic hydroxyl groups is 3. The standard InChI is InChI=1S/C30H50O4/c1-6-30(33,7-2)16-9-17-34-22(4)27-13-14-28-23(10-8-15-29(27,28)5)11-12-24-18-26(32)19-25(20-31)21(24)3/h11-12,22,25-28,31-33H,3,6-10,13-20H2,1-2,4-5H3/t22-,25-,26?,27+,28-,29?/m0/s1. The van der Waals surface area contributed by atoms with E-state index in [1.165, 1.54) is 25.7 Å². The summed E-state index contributed by atoms with van der Waals surface area (Å²) in [6.45, 7) is 13.9. The summed E-state index contributed by atoms with van der Waals surface area (Å²) < 4.78 is 6.36. The van der Waals surface area contributed by atoms with Gasteiger partial charge in [-0.3, -0.25) is 0 Å². The molecule has 34 heavy (non-hydrogen) atoms. The Balaban J connectivity index is 1.63. The molecule has 6 atom stereocenters. The first-order valence-corrected chi connectivity index (χ1v) is 13.9. The number of ether oxygens (including phenoxy) is 1. The molecular weight excluding hydrogens is 424 g/mol. The predicted molar refractivity (Wildman–Crippen MR) is 139 cm³/mol. The average molecular weight is 475 g/mol. The van der Waals surface area contributed by atoms with Crippen molar-refractivity contribution < 1.29 is 20.1 Å². The molecule has 0 radical (unpaired) electrons. The molecule has 0 aromatic heterocycles. The molecule has 3 fully saturated rings. The summed E-state index contributed by atoms with van der Waals surface area (Å²) in [4.78, 5) is 0. The molecule has 0 spiro atoms. The second-order valence-corrected chi connectivity index (χ2v) is 11.6. The Kier molecular flexibility index (Phi) is 9.65. The van der Waals surface area contributed by atoms with Crippen LogP contribution in [0.25, 0.3) is 0 Å². The highest BCUT2D eigenvalue weighted by Crippen LogP contribution is 2.58. The number of rotatable bonds is 10. The first-order chi connectivity index (χ1) is 16.2. The van der Waals surface area contributed by atoms with Gasteiger partial charge in [-0.1, -0.05) is 45.1 Å². The molecule has 0 amide bonds. The van der Waals surface area contributed by atoms with E-state index in [2.05, 4.69) is 46.4 Å².